The third-order valence-electron chi connectivity index (χ3n) is 3.82. The van der Waals surface area contributed by atoms with Gasteiger partial charge in [-0.15, -0.1) is 24.0 Å². The van der Waals surface area contributed by atoms with Crippen molar-refractivity contribution in [3.63, 3.8) is 0 Å². The molecule has 2 aromatic rings. The molecule has 3 N–H and O–H groups in total. The third-order valence-corrected chi connectivity index (χ3v) is 3.82. The van der Waals surface area contributed by atoms with Gasteiger partial charge in [0.05, 0.1) is 7.11 Å². The van der Waals surface area contributed by atoms with Crippen LogP contribution in [0.25, 0.3) is 11.4 Å². The van der Waals surface area contributed by atoms with Crippen LogP contribution in [0.3, 0.4) is 0 Å². The summed E-state index contributed by atoms with van der Waals surface area (Å²) in [7, 11) is 1.64. The van der Waals surface area contributed by atoms with Crippen LogP contribution in [-0.2, 0) is 6.42 Å². The lowest BCUT2D eigenvalue weighted by molar-refractivity contribution is 0.374. The summed E-state index contributed by atoms with van der Waals surface area (Å²) in [5, 5.41) is 7.18. The molecule has 0 unspecified atom stereocenters. The molecular formula is C19H30IN5O2. The Kier molecular flexibility index (Phi) is 10.8. The minimum absolute atomic E-state index is 0. The fourth-order valence-corrected chi connectivity index (χ4v) is 2.35. The van der Waals surface area contributed by atoms with Crippen LogP contribution >= 0.6 is 24.0 Å². The normalized spacial score (nSPS) is 11.3. The second-order valence-corrected chi connectivity index (χ2v) is 6.60. The topological polar surface area (TPSA) is 98.6 Å². The molecule has 27 heavy (non-hydrogen) atoms. The van der Waals surface area contributed by atoms with Crippen molar-refractivity contribution < 1.29 is 9.26 Å². The number of benzene rings is 1. The van der Waals surface area contributed by atoms with Gasteiger partial charge in [-0.2, -0.15) is 4.98 Å². The largest absolute Gasteiger partial charge is 0.497 e. The lowest BCUT2D eigenvalue weighted by Crippen LogP contribution is -2.32. The van der Waals surface area contributed by atoms with Gasteiger partial charge in [-0.1, -0.05) is 25.4 Å². The maximum absolute atomic E-state index is 5.80. The van der Waals surface area contributed by atoms with Crippen LogP contribution in [0.4, 0.5) is 0 Å². The van der Waals surface area contributed by atoms with Crippen LogP contribution in [-0.4, -0.2) is 36.3 Å². The Morgan fingerprint density at radius 1 is 1.22 bits per heavy atom. The van der Waals surface area contributed by atoms with Crippen molar-refractivity contribution in [2.75, 3.05) is 20.2 Å². The summed E-state index contributed by atoms with van der Waals surface area (Å²) in [5.74, 6) is 3.13. The second-order valence-electron chi connectivity index (χ2n) is 6.60. The van der Waals surface area contributed by atoms with Crippen LogP contribution in [0.2, 0.25) is 0 Å². The number of rotatable bonds is 10. The maximum Gasteiger partial charge on any atom is 0.226 e. The summed E-state index contributed by atoms with van der Waals surface area (Å²) < 4.78 is 10.5. The number of methoxy groups -OCH3 is 1. The van der Waals surface area contributed by atoms with Gasteiger partial charge in [-0.05, 0) is 43.0 Å². The molecule has 1 aromatic heterocycles. The number of guanidine groups is 1. The Morgan fingerprint density at radius 3 is 2.63 bits per heavy atom. The van der Waals surface area contributed by atoms with E-state index in [1.165, 1.54) is 0 Å². The minimum Gasteiger partial charge on any atom is -0.497 e. The summed E-state index contributed by atoms with van der Waals surface area (Å²) in [6, 6.07) is 7.61. The molecule has 2 rings (SSSR count). The number of aromatic nitrogens is 2. The molecule has 0 aliphatic rings. The molecule has 0 aliphatic carbocycles. The van der Waals surface area contributed by atoms with Crippen LogP contribution in [0.15, 0.2) is 33.8 Å². The number of ether oxygens (including phenoxy) is 1. The molecule has 0 saturated carbocycles. The van der Waals surface area contributed by atoms with E-state index in [0.29, 0.717) is 23.6 Å². The van der Waals surface area contributed by atoms with Crippen LogP contribution in [0.1, 0.15) is 39.0 Å². The molecule has 1 heterocycles. The molecule has 8 heteroatoms. The molecule has 1 aromatic carbocycles. The lowest BCUT2D eigenvalue weighted by atomic mass is 10.2. The number of nitrogens with one attached hydrogen (secondary N) is 1. The van der Waals surface area contributed by atoms with Gasteiger partial charge in [0.25, 0.3) is 0 Å². The first-order valence-corrected chi connectivity index (χ1v) is 9.09. The molecular weight excluding hydrogens is 457 g/mol. The SMILES string of the molecule is COc1ccc(-c2noc(CCCCCNC(N)=NCC(C)C)n2)cc1.I. The Hall–Kier alpha value is -1.84. The van der Waals surface area contributed by atoms with Crippen molar-refractivity contribution in [2.45, 2.75) is 39.5 Å². The number of halogens is 1. The van der Waals surface area contributed by atoms with Gasteiger partial charge in [0, 0.05) is 25.1 Å². The molecule has 150 valence electrons. The smallest absolute Gasteiger partial charge is 0.226 e. The van der Waals surface area contributed by atoms with Gasteiger partial charge in [-0.3, -0.25) is 4.99 Å². The van der Waals surface area contributed by atoms with Crippen molar-refractivity contribution in [2.24, 2.45) is 16.6 Å². The summed E-state index contributed by atoms with van der Waals surface area (Å²) >= 11 is 0. The van der Waals surface area contributed by atoms with Crippen LogP contribution in [0.5, 0.6) is 5.75 Å². The van der Waals surface area contributed by atoms with Crippen molar-refractivity contribution in [3.05, 3.63) is 30.2 Å². The standard InChI is InChI=1S/C19H29N5O2.HI/c1-14(2)13-22-19(20)21-12-6-4-5-7-17-23-18(24-26-17)15-8-10-16(25-3)11-9-15;/h8-11,14H,4-7,12-13H2,1-3H3,(H3,20,21,22);1H. The number of hydrogen-bond donors (Lipinski definition) is 2. The molecule has 0 fully saturated rings. The second kappa shape index (κ2) is 12.5. The van der Waals surface area contributed by atoms with E-state index in [4.69, 9.17) is 15.0 Å². The first-order chi connectivity index (χ1) is 12.6. The van der Waals surface area contributed by atoms with Crippen molar-refractivity contribution >= 4 is 29.9 Å². The van der Waals surface area contributed by atoms with Crippen LogP contribution < -0.4 is 15.8 Å². The van der Waals surface area contributed by atoms with Gasteiger partial charge in [0.1, 0.15) is 5.75 Å². The number of aryl methyl sites for hydroxylation is 1. The van der Waals surface area contributed by atoms with E-state index in [2.05, 4.69) is 34.3 Å². The third kappa shape index (κ3) is 8.59. The Labute approximate surface area is 178 Å². The van der Waals surface area contributed by atoms with Gasteiger partial charge < -0.3 is 20.3 Å². The average molecular weight is 487 g/mol. The maximum atomic E-state index is 5.80. The monoisotopic (exact) mass is 487 g/mol. The zero-order valence-electron chi connectivity index (χ0n) is 16.3. The van der Waals surface area contributed by atoms with E-state index in [1.54, 1.807) is 7.11 Å². The molecule has 0 amide bonds. The number of hydrogen-bond acceptors (Lipinski definition) is 5. The predicted molar refractivity (Wildman–Crippen MR) is 119 cm³/mol. The lowest BCUT2D eigenvalue weighted by Gasteiger charge is -2.06. The highest BCUT2D eigenvalue weighted by Gasteiger charge is 2.08. The van der Waals surface area contributed by atoms with Gasteiger partial charge >= 0.3 is 0 Å². The zero-order valence-corrected chi connectivity index (χ0v) is 18.6. The summed E-state index contributed by atoms with van der Waals surface area (Å²) in [6.45, 7) is 5.82. The fourth-order valence-electron chi connectivity index (χ4n) is 2.35. The Morgan fingerprint density at radius 2 is 1.96 bits per heavy atom. The molecule has 0 saturated heterocycles. The van der Waals surface area contributed by atoms with E-state index < -0.39 is 0 Å². The van der Waals surface area contributed by atoms with Crippen molar-refractivity contribution in [1.29, 1.82) is 0 Å². The molecule has 0 bridgehead atoms. The van der Waals surface area contributed by atoms with E-state index in [0.717, 1.165) is 50.1 Å². The van der Waals surface area contributed by atoms with Gasteiger partial charge in [0.15, 0.2) is 5.96 Å². The molecule has 7 nitrogen and oxygen atoms in total. The highest BCUT2D eigenvalue weighted by molar-refractivity contribution is 14.0. The average Bonchev–Trinajstić information content (AvgIpc) is 3.11. The van der Waals surface area contributed by atoms with Gasteiger partial charge in [0.2, 0.25) is 11.7 Å². The first-order valence-electron chi connectivity index (χ1n) is 9.09. The van der Waals surface area contributed by atoms with E-state index in [9.17, 15) is 0 Å². The Balaban J connectivity index is 0.00000364. The summed E-state index contributed by atoms with van der Waals surface area (Å²) in [6.07, 6.45) is 3.86. The van der Waals surface area contributed by atoms with E-state index in [-0.39, 0.29) is 24.0 Å². The molecule has 0 spiro atoms. The Bertz CT molecular complexity index is 686. The fraction of sp³-hybridized carbons (Fsp3) is 0.526. The molecule has 0 atom stereocenters. The summed E-state index contributed by atoms with van der Waals surface area (Å²) in [4.78, 5) is 8.72. The van der Waals surface area contributed by atoms with E-state index >= 15 is 0 Å². The van der Waals surface area contributed by atoms with Gasteiger partial charge in [-0.25, -0.2) is 0 Å². The first kappa shape index (κ1) is 23.2. The number of unbranched alkanes of at least 4 members (excludes halogenated alkanes) is 2. The quantitative estimate of drug-likeness (QED) is 0.230. The van der Waals surface area contributed by atoms with Crippen molar-refractivity contribution in [1.82, 2.24) is 15.5 Å². The van der Waals surface area contributed by atoms with Crippen LogP contribution in [0, 0.1) is 5.92 Å². The van der Waals surface area contributed by atoms with E-state index in [1.807, 2.05) is 24.3 Å². The molecule has 0 radical (unpaired) electrons. The summed E-state index contributed by atoms with van der Waals surface area (Å²) in [5.41, 5.74) is 6.72. The number of nitrogens with two attached hydrogens (primary N) is 1. The number of nitrogens with zero attached hydrogens (tertiary/aromatic N) is 3. The highest BCUT2D eigenvalue weighted by atomic mass is 127. The number of aliphatic imine (C=N–C) groups is 1. The molecule has 0 aliphatic heterocycles. The minimum atomic E-state index is 0. The predicted octanol–water partition coefficient (Wildman–Crippen LogP) is 3.64. The highest BCUT2D eigenvalue weighted by Crippen LogP contribution is 2.20. The van der Waals surface area contributed by atoms with Crippen molar-refractivity contribution in [3.8, 4) is 17.1 Å². The zero-order chi connectivity index (χ0) is 18.8.